The molecule has 2 aromatic rings. The van der Waals surface area contributed by atoms with E-state index in [1.54, 1.807) is 11.3 Å². The van der Waals surface area contributed by atoms with Gasteiger partial charge >= 0.3 is 0 Å². The Hall–Kier alpha value is -1.20. The maximum atomic E-state index is 12.1. The Kier molecular flexibility index (Phi) is 4.17. The van der Waals surface area contributed by atoms with E-state index < -0.39 is 0 Å². The first-order chi connectivity index (χ1) is 9.72. The predicted octanol–water partition coefficient (Wildman–Crippen LogP) is 3.64. The standard InChI is InChI=1S/C15H15BrN2OS/c16-12-3-1-11(2-4-12)7-13-5-6-15(19)18(13)9-14-8-17-10-20-14/h1-4,8,10,13H,5-7,9H2/t13-/m0/s1. The molecule has 5 heteroatoms. The van der Waals surface area contributed by atoms with E-state index in [1.165, 1.54) is 5.56 Å². The number of hydrogen-bond acceptors (Lipinski definition) is 3. The van der Waals surface area contributed by atoms with E-state index in [4.69, 9.17) is 0 Å². The zero-order valence-corrected chi connectivity index (χ0v) is 13.4. The van der Waals surface area contributed by atoms with Gasteiger partial charge in [0.1, 0.15) is 0 Å². The molecule has 1 aliphatic rings. The molecule has 0 saturated carbocycles. The smallest absolute Gasteiger partial charge is 0.223 e. The van der Waals surface area contributed by atoms with E-state index in [2.05, 4.69) is 45.2 Å². The number of aromatic nitrogens is 1. The number of likely N-dealkylation sites (tertiary alicyclic amines) is 1. The number of nitrogens with zero attached hydrogens (tertiary/aromatic N) is 2. The van der Waals surface area contributed by atoms with Crippen LogP contribution in [0.4, 0.5) is 0 Å². The predicted molar refractivity (Wildman–Crippen MR) is 83.5 cm³/mol. The molecule has 1 aromatic heterocycles. The SMILES string of the molecule is O=C1CC[C@@H](Cc2ccc(Br)cc2)N1Cc1cncs1. The summed E-state index contributed by atoms with van der Waals surface area (Å²) in [4.78, 5) is 19.3. The molecule has 2 heterocycles. The van der Waals surface area contributed by atoms with E-state index in [0.29, 0.717) is 19.0 Å². The van der Waals surface area contributed by atoms with Crippen molar-refractivity contribution in [1.82, 2.24) is 9.88 Å². The van der Waals surface area contributed by atoms with Gasteiger partial charge in [-0.05, 0) is 30.5 Å². The Morgan fingerprint density at radius 2 is 2.15 bits per heavy atom. The molecule has 1 aliphatic heterocycles. The van der Waals surface area contributed by atoms with Crippen molar-refractivity contribution in [3.05, 3.63) is 50.9 Å². The van der Waals surface area contributed by atoms with Gasteiger partial charge in [0.05, 0.1) is 12.1 Å². The number of benzene rings is 1. The molecule has 1 amide bonds. The fourth-order valence-corrected chi connectivity index (χ4v) is 3.46. The lowest BCUT2D eigenvalue weighted by Gasteiger charge is -2.24. The van der Waals surface area contributed by atoms with E-state index in [-0.39, 0.29) is 5.91 Å². The van der Waals surface area contributed by atoms with Crippen LogP contribution in [0.15, 0.2) is 40.4 Å². The minimum atomic E-state index is 0.264. The van der Waals surface area contributed by atoms with Crippen molar-refractivity contribution in [3.8, 4) is 0 Å². The van der Waals surface area contributed by atoms with Crippen molar-refractivity contribution in [1.29, 1.82) is 0 Å². The van der Waals surface area contributed by atoms with Gasteiger partial charge in [-0.15, -0.1) is 11.3 Å². The first kappa shape index (κ1) is 13.8. The summed E-state index contributed by atoms with van der Waals surface area (Å²) >= 11 is 5.06. The van der Waals surface area contributed by atoms with Crippen LogP contribution in [0.2, 0.25) is 0 Å². The minimum absolute atomic E-state index is 0.264. The number of halogens is 1. The monoisotopic (exact) mass is 350 g/mol. The van der Waals surface area contributed by atoms with E-state index >= 15 is 0 Å². The Bertz CT molecular complexity index is 582. The zero-order valence-electron chi connectivity index (χ0n) is 11.0. The van der Waals surface area contributed by atoms with E-state index in [1.807, 2.05) is 16.6 Å². The van der Waals surface area contributed by atoms with Gasteiger partial charge in [0, 0.05) is 28.0 Å². The Labute approximate surface area is 130 Å². The molecule has 1 atom stereocenters. The van der Waals surface area contributed by atoms with E-state index in [9.17, 15) is 4.79 Å². The summed E-state index contributed by atoms with van der Waals surface area (Å²) in [6.07, 6.45) is 4.40. The lowest BCUT2D eigenvalue weighted by atomic mass is 10.0. The second-order valence-electron chi connectivity index (χ2n) is 5.01. The van der Waals surface area contributed by atoms with Gasteiger partial charge in [-0.1, -0.05) is 28.1 Å². The van der Waals surface area contributed by atoms with Gasteiger partial charge < -0.3 is 4.90 Å². The fraction of sp³-hybridized carbons (Fsp3) is 0.333. The average Bonchev–Trinajstić information content (AvgIpc) is 3.06. The third-order valence-corrected chi connectivity index (χ3v) is 4.94. The van der Waals surface area contributed by atoms with Gasteiger partial charge in [0.15, 0.2) is 0 Å². The van der Waals surface area contributed by atoms with Crippen molar-refractivity contribution < 1.29 is 4.79 Å². The highest BCUT2D eigenvalue weighted by Gasteiger charge is 2.31. The largest absolute Gasteiger partial charge is 0.334 e. The molecule has 0 spiro atoms. The molecule has 1 saturated heterocycles. The zero-order chi connectivity index (χ0) is 13.9. The molecule has 1 fully saturated rings. The van der Waals surface area contributed by atoms with Gasteiger partial charge in [-0.25, -0.2) is 0 Å². The van der Waals surface area contributed by atoms with Crippen molar-refractivity contribution in [2.24, 2.45) is 0 Å². The summed E-state index contributed by atoms with van der Waals surface area (Å²) in [7, 11) is 0. The van der Waals surface area contributed by atoms with Crippen LogP contribution in [-0.4, -0.2) is 21.8 Å². The molecule has 0 aliphatic carbocycles. The highest BCUT2D eigenvalue weighted by molar-refractivity contribution is 9.10. The summed E-state index contributed by atoms with van der Waals surface area (Å²) in [6.45, 7) is 0.699. The quantitative estimate of drug-likeness (QED) is 0.843. The lowest BCUT2D eigenvalue weighted by Crippen LogP contribution is -2.33. The number of thiazole rings is 1. The number of carbonyl (C=O) groups excluding carboxylic acids is 1. The first-order valence-electron chi connectivity index (χ1n) is 6.63. The normalized spacial score (nSPS) is 18.8. The van der Waals surface area contributed by atoms with Gasteiger partial charge in [0.25, 0.3) is 0 Å². The molecule has 0 N–H and O–H groups in total. The summed E-state index contributed by atoms with van der Waals surface area (Å²) in [5.41, 5.74) is 3.10. The van der Waals surface area contributed by atoms with Crippen LogP contribution in [0.25, 0.3) is 0 Å². The molecule has 0 radical (unpaired) electrons. The third-order valence-electron chi connectivity index (χ3n) is 3.65. The van der Waals surface area contributed by atoms with Crippen molar-refractivity contribution in [3.63, 3.8) is 0 Å². The topological polar surface area (TPSA) is 33.2 Å². The van der Waals surface area contributed by atoms with E-state index in [0.717, 1.165) is 22.2 Å². The minimum Gasteiger partial charge on any atom is -0.334 e. The fourth-order valence-electron chi connectivity index (χ4n) is 2.60. The molecular weight excluding hydrogens is 336 g/mol. The van der Waals surface area contributed by atoms with Crippen LogP contribution in [0.1, 0.15) is 23.3 Å². The highest BCUT2D eigenvalue weighted by atomic mass is 79.9. The summed E-state index contributed by atoms with van der Waals surface area (Å²) in [6, 6.07) is 8.67. The maximum absolute atomic E-state index is 12.1. The molecule has 3 rings (SSSR count). The number of carbonyl (C=O) groups is 1. The first-order valence-corrected chi connectivity index (χ1v) is 8.31. The second kappa shape index (κ2) is 6.06. The highest BCUT2D eigenvalue weighted by Crippen LogP contribution is 2.25. The Balaban J connectivity index is 1.71. The van der Waals surface area contributed by atoms with Crippen molar-refractivity contribution >= 4 is 33.2 Å². The molecule has 0 bridgehead atoms. The van der Waals surface area contributed by atoms with Crippen LogP contribution in [0.5, 0.6) is 0 Å². The molecular formula is C15H15BrN2OS. The number of hydrogen-bond donors (Lipinski definition) is 0. The molecule has 3 nitrogen and oxygen atoms in total. The number of amides is 1. The Morgan fingerprint density at radius 1 is 1.35 bits per heavy atom. The van der Waals surface area contributed by atoms with Gasteiger partial charge in [-0.2, -0.15) is 0 Å². The summed E-state index contributed by atoms with van der Waals surface area (Å²) < 4.78 is 1.09. The Morgan fingerprint density at radius 3 is 2.85 bits per heavy atom. The summed E-state index contributed by atoms with van der Waals surface area (Å²) in [5, 5.41) is 0. The van der Waals surface area contributed by atoms with Crippen LogP contribution in [0.3, 0.4) is 0 Å². The maximum Gasteiger partial charge on any atom is 0.223 e. The molecule has 0 unspecified atom stereocenters. The van der Waals surface area contributed by atoms with Crippen LogP contribution in [-0.2, 0) is 17.8 Å². The van der Waals surface area contributed by atoms with Crippen LogP contribution < -0.4 is 0 Å². The summed E-state index contributed by atoms with van der Waals surface area (Å²) in [5.74, 6) is 0.264. The number of rotatable bonds is 4. The third kappa shape index (κ3) is 3.10. The second-order valence-corrected chi connectivity index (χ2v) is 6.90. The molecule has 104 valence electrons. The molecule has 1 aromatic carbocycles. The molecule has 20 heavy (non-hydrogen) atoms. The van der Waals surface area contributed by atoms with Crippen LogP contribution >= 0.6 is 27.3 Å². The van der Waals surface area contributed by atoms with Gasteiger partial charge in [0.2, 0.25) is 5.91 Å². The van der Waals surface area contributed by atoms with Crippen LogP contribution in [0, 0.1) is 0 Å². The van der Waals surface area contributed by atoms with Crippen molar-refractivity contribution in [2.75, 3.05) is 0 Å². The average molecular weight is 351 g/mol. The lowest BCUT2D eigenvalue weighted by molar-refractivity contribution is -0.129. The van der Waals surface area contributed by atoms with Crippen molar-refractivity contribution in [2.45, 2.75) is 31.8 Å². The van der Waals surface area contributed by atoms with Gasteiger partial charge in [-0.3, -0.25) is 9.78 Å².